The molecule has 0 saturated carbocycles. The molecule has 5 nitrogen and oxygen atoms in total. The van der Waals surface area contributed by atoms with E-state index in [1.165, 1.54) is 0 Å². The summed E-state index contributed by atoms with van der Waals surface area (Å²) >= 11 is 5.61. The molecule has 0 heterocycles. The number of rotatable bonds is 8. The molecule has 2 N–H and O–H groups in total. The van der Waals surface area contributed by atoms with E-state index in [2.05, 4.69) is 5.32 Å². The van der Waals surface area contributed by atoms with E-state index in [4.69, 9.17) is 25.8 Å². The van der Waals surface area contributed by atoms with Gasteiger partial charge in [-0.05, 0) is 35.4 Å². The summed E-state index contributed by atoms with van der Waals surface area (Å²) in [5.74, 6) is 1.95. The van der Waals surface area contributed by atoms with Gasteiger partial charge >= 0.3 is 0 Å². The minimum absolute atomic E-state index is 0.194. The van der Waals surface area contributed by atoms with Crippen molar-refractivity contribution < 1.29 is 19.3 Å². The van der Waals surface area contributed by atoms with Gasteiger partial charge in [0.2, 0.25) is 5.75 Å². The first-order valence-corrected chi connectivity index (χ1v) is 8.04. The Morgan fingerprint density at radius 3 is 2.21 bits per heavy atom. The topological polar surface area (TPSA) is 60.0 Å². The molecule has 0 aliphatic heterocycles. The van der Waals surface area contributed by atoms with Gasteiger partial charge in [0.25, 0.3) is 0 Å². The number of alkyl halides is 1. The van der Waals surface area contributed by atoms with Crippen LogP contribution in [0.1, 0.15) is 0 Å². The predicted molar refractivity (Wildman–Crippen MR) is 96.8 cm³/mol. The van der Waals surface area contributed by atoms with E-state index in [9.17, 15) is 5.11 Å². The van der Waals surface area contributed by atoms with E-state index in [1.54, 1.807) is 21.3 Å². The van der Waals surface area contributed by atoms with E-state index in [-0.39, 0.29) is 5.88 Å². The maximum Gasteiger partial charge on any atom is 0.203 e. The van der Waals surface area contributed by atoms with E-state index in [0.29, 0.717) is 23.8 Å². The molecule has 0 spiro atoms. The number of hydrogen-bond donors (Lipinski definition) is 2. The highest BCUT2D eigenvalue weighted by molar-refractivity contribution is 6.18. The monoisotopic (exact) mass is 351 g/mol. The standard InChI is InChI=1S/C18H22ClNO4/c1-22-16-8-13(9-17(23-2)18(16)24-3)12-5-4-6-14(7-12)20-11-15(21)10-19/h4-9,15,20-21H,10-11H2,1-3H3. The largest absolute Gasteiger partial charge is 0.493 e. The number of nitrogens with one attached hydrogen (secondary N) is 1. The summed E-state index contributed by atoms with van der Waals surface area (Å²) in [6.45, 7) is 0.391. The molecular formula is C18H22ClNO4. The molecule has 0 aliphatic rings. The van der Waals surface area contributed by atoms with Crippen LogP contribution in [-0.2, 0) is 0 Å². The predicted octanol–water partition coefficient (Wildman–Crippen LogP) is 3.39. The lowest BCUT2D eigenvalue weighted by atomic mass is 10.0. The third kappa shape index (κ3) is 4.24. The van der Waals surface area contributed by atoms with E-state index < -0.39 is 6.10 Å². The zero-order valence-corrected chi connectivity index (χ0v) is 14.8. The molecule has 0 aliphatic carbocycles. The van der Waals surface area contributed by atoms with Gasteiger partial charge in [-0.1, -0.05) is 12.1 Å². The Morgan fingerprint density at radius 1 is 1.00 bits per heavy atom. The van der Waals surface area contributed by atoms with Gasteiger partial charge in [0.1, 0.15) is 0 Å². The van der Waals surface area contributed by atoms with Crippen molar-refractivity contribution in [1.82, 2.24) is 0 Å². The van der Waals surface area contributed by atoms with Gasteiger partial charge in [-0.2, -0.15) is 0 Å². The molecule has 1 atom stereocenters. The van der Waals surface area contributed by atoms with Crippen LogP contribution in [0.3, 0.4) is 0 Å². The highest BCUT2D eigenvalue weighted by atomic mass is 35.5. The van der Waals surface area contributed by atoms with Crippen molar-refractivity contribution in [1.29, 1.82) is 0 Å². The Kier molecular flexibility index (Phi) is 6.58. The fraction of sp³-hybridized carbons (Fsp3) is 0.333. The van der Waals surface area contributed by atoms with Crippen LogP contribution in [0.2, 0.25) is 0 Å². The Labute approximate surface area is 147 Å². The third-order valence-corrected chi connectivity index (χ3v) is 3.94. The minimum Gasteiger partial charge on any atom is -0.493 e. The van der Waals surface area contributed by atoms with E-state index in [1.807, 2.05) is 36.4 Å². The maximum absolute atomic E-state index is 9.56. The zero-order valence-electron chi connectivity index (χ0n) is 14.0. The van der Waals surface area contributed by atoms with Crippen LogP contribution < -0.4 is 19.5 Å². The number of benzene rings is 2. The van der Waals surface area contributed by atoms with Gasteiger partial charge in [-0.3, -0.25) is 0 Å². The fourth-order valence-corrected chi connectivity index (χ4v) is 2.46. The molecule has 24 heavy (non-hydrogen) atoms. The normalized spacial score (nSPS) is 11.7. The maximum atomic E-state index is 9.56. The lowest BCUT2D eigenvalue weighted by molar-refractivity contribution is 0.211. The molecule has 2 aromatic rings. The number of hydrogen-bond acceptors (Lipinski definition) is 5. The molecule has 130 valence electrons. The smallest absolute Gasteiger partial charge is 0.203 e. The summed E-state index contributed by atoms with van der Waals surface area (Å²) in [5, 5.41) is 12.7. The summed E-state index contributed by atoms with van der Waals surface area (Å²) in [6, 6.07) is 11.6. The van der Waals surface area contributed by atoms with Crippen LogP contribution >= 0.6 is 11.6 Å². The molecule has 1 unspecified atom stereocenters. The summed E-state index contributed by atoms with van der Waals surface area (Å²) in [6.07, 6.45) is -0.587. The Morgan fingerprint density at radius 2 is 1.67 bits per heavy atom. The number of halogens is 1. The van der Waals surface area contributed by atoms with Crippen molar-refractivity contribution >= 4 is 17.3 Å². The van der Waals surface area contributed by atoms with Crippen molar-refractivity contribution in [3.05, 3.63) is 36.4 Å². The summed E-state index contributed by atoms with van der Waals surface area (Å²) in [4.78, 5) is 0. The van der Waals surface area contributed by atoms with Crippen LogP contribution in [0.15, 0.2) is 36.4 Å². The second-order valence-electron chi connectivity index (χ2n) is 5.18. The van der Waals surface area contributed by atoms with Crippen LogP contribution in [0.4, 0.5) is 5.69 Å². The molecule has 2 rings (SSSR count). The molecular weight excluding hydrogens is 330 g/mol. The highest BCUT2D eigenvalue weighted by Crippen LogP contribution is 2.41. The first-order valence-electron chi connectivity index (χ1n) is 7.51. The summed E-state index contributed by atoms with van der Waals surface area (Å²) in [7, 11) is 4.76. The summed E-state index contributed by atoms with van der Waals surface area (Å²) < 4.78 is 16.1. The SMILES string of the molecule is COc1cc(-c2cccc(NCC(O)CCl)c2)cc(OC)c1OC. The molecule has 0 saturated heterocycles. The first kappa shape index (κ1) is 18.2. The lowest BCUT2D eigenvalue weighted by Crippen LogP contribution is -2.20. The van der Waals surface area contributed by atoms with Gasteiger partial charge in [0.15, 0.2) is 11.5 Å². The average Bonchev–Trinajstić information content (AvgIpc) is 2.64. The molecule has 0 radical (unpaired) electrons. The quantitative estimate of drug-likeness (QED) is 0.714. The number of methoxy groups -OCH3 is 3. The minimum atomic E-state index is -0.587. The number of anilines is 1. The van der Waals surface area contributed by atoms with Gasteiger partial charge in [0, 0.05) is 12.2 Å². The average molecular weight is 352 g/mol. The second kappa shape index (κ2) is 8.66. The van der Waals surface area contributed by atoms with Crippen LogP contribution in [0, 0.1) is 0 Å². The zero-order chi connectivity index (χ0) is 17.5. The number of aliphatic hydroxyl groups excluding tert-OH is 1. The van der Waals surface area contributed by atoms with Crippen molar-refractivity contribution in [2.24, 2.45) is 0 Å². The van der Waals surface area contributed by atoms with E-state index in [0.717, 1.165) is 16.8 Å². The Balaban J connectivity index is 2.34. The van der Waals surface area contributed by atoms with Gasteiger partial charge in [-0.25, -0.2) is 0 Å². The number of ether oxygens (including phenoxy) is 3. The molecule has 0 bridgehead atoms. The van der Waals surface area contributed by atoms with Gasteiger partial charge in [-0.15, -0.1) is 11.6 Å². The van der Waals surface area contributed by atoms with Crippen molar-refractivity contribution in [2.45, 2.75) is 6.10 Å². The van der Waals surface area contributed by atoms with Crippen LogP contribution in [-0.4, -0.2) is 45.0 Å². The lowest BCUT2D eigenvalue weighted by Gasteiger charge is -2.15. The first-order chi connectivity index (χ1) is 11.6. The molecule has 0 amide bonds. The second-order valence-corrected chi connectivity index (χ2v) is 5.49. The molecule has 2 aromatic carbocycles. The molecule has 0 fully saturated rings. The summed E-state index contributed by atoms with van der Waals surface area (Å²) in [5.41, 5.74) is 2.82. The number of aliphatic hydroxyl groups is 1. The highest BCUT2D eigenvalue weighted by Gasteiger charge is 2.14. The Hall–Kier alpha value is -2.11. The molecule has 6 heteroatoms. The van der Waals surface area contributed by atoms with Crippen molar-refractivity contribution in [2.75, 3.05) is 39.1 Å². The van der Waals surface area contributed by atoms with Gasteiger partial charge < -0.3 is 24.6 Å². The van der Waals surface area contributed by atoms with Gasteiger partial charge in [0.05, 0.1) is 33.3 Å². The Bertz CT molecular complexity index is 653. The molecule has 0 aromatic heterocycles. The van der Waals surface area contributed by atoms with E-state index >= 15 is 0 Å². The van der Waals surface area contributed by atoms with Crippen LogP contribution in [0.25, 0.3) is 11.1 Å². The van der Waals surface area contributed by atoms with Crippen molar-refractivity contribution in [3.8, 4) is 28.4 Å². The fourth-order valence-electron chi connectivity index (χ4n) is 2.35. The van der Waals surface area contributed by atoms with Crippen LogP contribution in [0.5, 0.6) is 17.2 Å². The third-order valence-electron chi connectivity index (χ3n) is 3.58. The van der Waals surface area contributed by atoms with Crippen molar-refractivity contribution in [3.63, 3.8) is 0 Å².